The van der Waals surface area contributed by atoms with E-state index in [1.54, 1.807) is 37.1 Å². The average molecular weight is 244 g/mol. The van der Waals surface area contributed by atoms with Crippen molar-refractivity contribution in [1.82, 2.24) is 9.78 Å². The summed E-state index contributed by atoms with van der Waals surface area (Å²) >= 11 is 0. The van der Waals surface area contributed by atoms with Crippen LogP contribution in [0.25, 0.3) is 0 Å². The van der Waals surface area contributed by atoms with Gasteiger partial charge >= 0.3 is 0 Å². The predicted molar refractivity (Wildman–Crippen MR) is 66.3 cm³/mol. The molecule has 2 aromatic rings. The zero-order valence-corrected chi connectivity index (χ0v) is 10.2. The summed E-state index contributed by atoms with van der Waals surface area (Å²) in [6, 6.07) is 6.20. The molecule has 0 saturated heterocycles. The van der Waals surface area contributed by atoms with E-state index >= 15 is 0 Å². The largest absolute Gasteiger partial charge is 0.366 e. The van der Waals surface area contributed by atoms with Crippen molar-refractivity contribution in [3.8, 4) is 6.07 Å². The second-order valence-corrected chi connectivity index (χ2v) is 4.17. The van der Waals surface area contributed by atoms with Crippen molar-refractivity contribution in [2.45, 2.75) is 13.0 Å². The van der Waals surface area contributed by atoms with Gasteiger partial charge in [0.2, 0.25) is 0 Å². The number of anilines is 1. The highest BCUT2D eigenvalue weighted by molar-refractivity contribution is 5.49. The summed E-state index contributed by atoms with van der Waals surface area (Å²) in [7, 11) is 1.78. The van der Waals surface area contributed by atoms with Gasteiger partial charge in [0.15, 0.2) is 0 Å². The Hall–Kier alpha value is -2.35. The van der Waals surface area contributed by atoms with Crippen molar-refractivity contribution in [2.75, 3.05) is 5.32 Å². The van der Waals surface area contributed by atoms with Gasteiger partial charge in [0.05, 0.1) is 12.3 Å². The molecule has 0 amide bonds. The Morgan fingerprint density at radius 2 is 2.22 bits per heavy atom. The van der Waals surface area contributed by atoms with Crippen LogP contribution in [0.3, 0.4) is 0 Å². The lowest BCUT2D eigenvalue weighted by molar-refractivity contribution is 0.627. The van der Waals surface area contributed by atoms with Gasteiger partial charge in [0, 0.05) is 24.5 Å². The van der Waals surface area contributed by atoms with E-state index in [9.17, 15) is 4.39 Å². The molecule has 0 bridgehead atoms. The maximum Gasteiger partial charge on any atom is 0.143 e. The summed E-state index contributed by atoms with van der Waals surface area (Å²) in [6.07, 6.45) is 3.38. The number of rotatable bonds is 3. The molecule has 1 aromatic heterocycles. The zero-order valence-electron chi connectivity index (χ0n) is 10.2. The number of aromatic nitrogens is 2. The van der Waals surface area contributed by atoms with Gasteiger partial charge in [-0.15, -0.1) is 0 Å². The molecule has 0 aliphatic heterocycles. The SMILES string of the molecule is Cc1cc(F)cc(NC(C#N)c2cnn(C)c2)c1. The standard InChI is InChI=1S/C13H13FN4/c1-9-3-11(14)5-12(4-9)17-13(6-15)10-7-16-18(2)8-10/h3-5,7-8,13,17H,1-2H3. The molecule has 0 radical (unpaired) electrons. The third-order valence-corrected chi connectivity index (χ3v) is 2.54. The summed E-state index contributed by atoms with van der Waals surface area (Å²) in [6.45, 7) is 1.81. The van der Waals surface area contributed by atoms with Gasteiger partial charge in [-0.2, -0.15) is 10.4 Å². The summed E-state index contributed by atoms with van der Waals surface area (Å²) in [4.78, 5) is 0. The fourth-order valence-electron chi connectivity index (χ4n) is 1.77. The molecular weight excluding hydrogens is 231 g/mol. The van der Waals surface area contributed by atoms with Crippen LogP contribution in [0.5, 0.6) is 0 Å². The highest BCUT2D eigenvalue weighted by atomic mass is 19.1. The van der Waals surface area contributed by atoms with Gasteiger partial charge < -0.3 is 5.32 Å². The Labute approximate surface area is 105 Å². The van der Waals surface area contributed by atoms with E-state index in [4.69, 9.17) is 5.26 Å². The average Bonchev–Trinajstić information content (AvgIpc) is 2.71. The van der Waals surface area contributed by atoms with Crippen LogP contribution in [-0.2, 0) is 7.05 Å². The second kappa shape index (κ2) is 4.88. The lowest BCUT2D eigenvalue weighted by Gasteiger charge is -2.12. The quantitative estimate of drug-likeness (QED) is 0.902. The van der Waals surface area contributed by atoms with Crippen LogP contribution >= 0.6 is 0 Å². The minimum absolute atomic E-state index is 0.319. The number of hydrogen-bond acceptors (Lipinski definition) is 3. The fraction of sp³-hybridized carbons (Fsp3) is 0.231. The van der Waals surface area contributed by atoms with Crippen LogP contribution in [-0.4, -0.2) is 9.78 Å². The third-order valence-electron chi connectivity index (χ3n) is 2.54. The zero-order chi connectivity index (χ0) is 13.1. The van der Waals surface area contributed by atoms with Gasteiger partial charge in [0.25, 0.3) is 0 Å². The van der Waals surface area contributed by atoms with Crippen molar-refractivity contribution in [3.05, 3.63) is 47.5 Å². The molecule has 1 heterocycles. The maximum absolute atomic E-state index is 13.2. The van der Waals surface area contributed by atoms with Gasteiger partial charge in [-0.25, -0.2) is 4.39 Å². The number of nitrogens with zero attached hydrogens (tertiary/aromatic N) is 3. The summed E-state index contributed by atoms with van der Waals surface area (Å²) < 4.78 is 14.9. The minimum Gasteiger partial charge on any atom is -0.366 e. The summed E-state index contributed by atoms with van der Waals surface area (Å²) in [5, 5.41) is 16.1. The smallest absolute Gasteiger partial charge is 0.143 e. The molecule has 1 aromatic carbocycles. The molecule has 1 unspecified atom stereocenters. The number of nitriles is 1. The van der Waals surface area contributed by atoms with E-state index in [0.717, 1.165) is 11.1 Å². The van der Waals surface area contributed by atoms with Gasteiger partial charge in [-0.3, -0.25) is 4.68 Å². The lowest BCUT2D eigenvalue weighted by atomic mass is 10.1. The second-order valence-electron chi connectivity index (χ2n) is 4.17. The van der Waals surface area contributed by atoms with Crippen LogP contribution in [0.2, 0.25) is 0 Å². The first-order chi connectivity index (χ1) is 8.58. The number of nitrogens with one attached hydrogen (secondary N) is 1. The van der Waals surface area contributed by atoms with Gasteiger partial charge in [-0.1, -0.05) is 0 Å². The van der Waals surface area contributed by atoms with Crippen LogP contribution in [0, 0.1) is 24.1 Å². The molecule has 0 aliphatic rings. The van der Waals surface area contributed by atoms with Crippen molar-refractivity contribution in [3.63, 3.8) is 0 Å². The first kappa shape index (κ1) is 12.1. The molecule has 0 aliphatic carbocycles. The highest BCUT2D eigenvalue weighted by Gasteiger charge is 2.12. The lowest BCUT2D eigenvalue weighted by Crippen LogP contribution is -2.08. The van der Waals surface area contributed by atoms with Crippen molar-refractivity contribution in [2.24, 2.45) is 7.05 Å². The Morgan fingerprint density at radius 1 is 1.44 bits per heavy atom. The highest BCUT2D eigenvalue weighted by Crippen LogP contribution is 2.20. The van der Waals surface area contributed by atoms with Crippen molar-refractivity contribution >= 4 is 5.69 Å². The molecule has 0 spiro atoms. The monoisotopic (exact) mass is 244 g/mol. The van der Waals surface area contributed by atoms with Crippen LogP contribution in [0.4, 0.5) is 10.1 Å². The molecule has 0 fully saturated rings. The molecule has 1 atom stereocenters. The van der Waals surface area contributed by atoms with E-state index in [0.29, 0.717) is 5.69 Å². The molecule has 2 rings (SSSR count). The van der Waals surface area contributed by atoms with E-state index in [-0.39, 0.29) is 5.82 Å². The molecule has 0 saturated carbocycles. The maximum atomic E-state index is 13.2. The number of benzene rings is 1. The normalized spacial score (nSPS) is 11.9. The molecule has 92 valence electrons. The molecule has 1 N–H and O–H groups in total. The van der Waals surface area contributed by atoms with E-state index in [2.05, 4.69) is 16.5 Å². The topological polar surface area (TPSA) is 53.6 Å². The Kier molecular flexibility index (Phi) is 3.28. The molecule has 4 nitrogen and oxygen atoms in total. The summed E-state index contributed by atoms with van der Waals surface area (Å²) in [5.74, 6) is -0.319. The molecular formula is C13H13FN4. The van der Waals surface area contributed by atoms with E-state index in [1.165, 1.54) is 12.1 Å². The Morgan fingerprint density at radius 3 is 2.78 bits per heavy atom. The van der Waals surface area contributed by atoms with Crippen molar-refractivity contribution < 1.29 is 4.39 Å². The predicted octanol–water partition coefficient (Wildman–Crippen LogP) is 2.54. The van der Waals surface area contributed by atoms with Gasteiger partial charge in [-0.05, 0) is 30.7 Å². The molecule has 5 heteroatoms. The number of hydrogen-bond donors (Lipinski definition) is 1. The van der Waals surface area contributed by atoms with Crippen LogP contribution < -0.4 is 5.32 Å². The number of aryl methyl sites for hydroxylation is 2. The first-order valence-electron chi connectivity index (χ1n) is 5.50. The Balaban J connectivity index is 2.23. The first-order valence-corrected chi connectivity index (χ1v) is 5.50. The fourth-order valence-corrected chi connectivity index (χ4v) is 1.77. The van der Waals surface area contributed by atoms with Crippen LogP contribution in [0.1, 0.15) is 17.2 Å². The minimum atomic E-state index is -0.542. The Bertz CT molecular complexity index is 577. The van der Waals surface area contributed by atoms with Crippen LogP contribution in [0.15, 0.2) is 30.6 Å². The van der Waals surface area contributed by atoms with E-state index in [1.807, 2.05) is 0 Å². The number of halogens is 1. The van der Waals surface area contributed by atoms with E-state index < -0.39 is 6.04 Å². The van der Waals surface area contributed by atoms with Gasteiger partial charge in [0.1, 0.15) is 11.9 Å². The third kappa shape index (κ3) is 2.66. The van der Waals surface area contributed by atoms with Crippen molar-refractivity contribution in [1.29, 1.82) is 5.26 Å². The summed E-state index contributed by atoms with van der Waals surface area (Å²) in [5.41, 5.74) is 2.14. The molecule has 18 heavy (non-hydrogen) atoms.